The molecule has 4 aromatic rings. The lowest BCUT2D eigenvalue weighted by Crippen LogP contribution is -2.16. The van der Waals surface area contributed by atoms with Crippen LogP contribution in [0.4, 0.5) is 11.6 Å². The van der Waals surface area contributed by atoms with Crippen molar-refractivity contribution in [3.05, 3.63) is 83.8 Å². The van der Waals surface area contributed by atoms with E-state index in [0.717, 1.165) is 23.3 Å². The summed E-state index contributed by atoms with van der Waals surface area (Å²) in [5.74, 6) is 0.203. The van der Waals surface area contributed by atoms with E-state index in [1.165, 1.54) is 10.9 Å². The van der Waals surface area contributed by atoms with E-state index in [1.807, 2.05) is 55.6 Å². The second-order valence-corrected chi connectivity index (χ2v) is 6.57. The van der Waals surface area contributed by atoms with Crippen molar-refractivity contribution in [1.82, 2.24) is 15.0 Å². The van der Waals surface area contributed by atoms with E-state index in [2.05, 4.69) is 37.7 Å². The molecule has 0 aliphatic heterocycles. The van der Waals surface area contributed by atoms with E-state index in [-0.39, 0.29) is 5.91 Å². The fourth-order valence-electron chi connectivity index (χ4n) is 3.13. The van der Waals surface area contributed by atoms with Crippen LogP contribution in [-0.2, 0) is 6.42 Å². The van der Waals surface area contributed by atoms with Crippen molar-refractivity contribution in [1.29, 1.82) is 0 Å². The molecule has 140 valence electrons. The van der Waals surface area contributed by atoms with E-state index < -0.39 is 0 Å². The predicted octanol–water partition coefficient (Wildman–Crippen LogP) is 4.17. The van der Waals surface area contributed by atoms with Crippen molar-refractivity contribution < 1.29 is 4.79 Å². The van der Waals surface area contributed by atoms with Gasteiger partial charge in [0.25, 0.3) is 5.91 Å². The highest BCUT2D eigenvalue weighted by molar-refractivity contribution is 6.03. The monoisotopic (exact) mass is 371 g/mol. The maximum absolute atomic E-state index is 12.5. The van der Waals surface area contributed by atoms with Crippen LogP contribution in [0, 0.1) is 6.92 Å². The number of rotatable bonds is 6. The molecular weight excluding hydrogens is 350 g/mol. The molecule has 3 N–H and O–H groups in total. The minimum absolute atomic E-state index is 0.253. The summed E-state index contributed by atoms with van der Waals surface area (Å²) in [6, 6.07) is 19.2. The Bertz CT molecular complexity index is 1100. The van der Waals surface area contributed by atoms with Gasteiger partial charge in [0.05, 0.1) is 0 Å². The summed E-state index contributed by atoms with van der Waals surface area (Å²) in [7, 11) is 0. The highest BCUT2D eigenvalue weighted by Gasteiger charge is 2.11. The molecule has 4 rings (SSSR count). The first-order valence-electron chi connectivity index (χ1n) is 9.20. The number of para-hydroxylation sites is 2. The van der Waals surface area contributed by atoms with Crippen LogP contribution in [0.5, 0.6) is 0 Å². The van der Waals surface area contributed by atoms with Gasteiger partial charge >= 0.3 is 0 Å². The van der Waals surface area contributed by atoms with Gasteiger partial charge in [-0.15, -0.1) is 0 Å². The van der Waals surface area contributed by atoms with Gasteiger partial charge in [0.2, 0.25) is 5.95 Å². The predicted molar refractivity (Wildman–Crippen MR) is 112 cm³/mol. The third-order valence-corrected chi connectivity index (χ3v) is 4.47. The summed E-state index contributed by atoms with van der Waals surface area (Å²) >= 11 is 0. The summed E-state index contributed by atoms with van der Waals surface area (Å²) in [6.45, 7) is 2.52. The SMILES string of the molecule is Cc1cc(C(=O)Nc2ccccc2)nc(NCCc2c[nH]c3ccccc23)n1. The summed E-state index contributed by atoms with van der Waals surface area (Å²) in [5.41, 5.74) is 4.17. The molecule has 0 spiro atoms. The number of aromatic amines is 1. The van der Waals surface area contributed by atoms with Crippen molar-refractivity contribution in [2.45, 2.75) is 13.3 Å². The molecule has 0 radical (unpaired) electrons. The number of amides is 1. The van der Waals surface area contributed by atoms with E-state index >= 15 is 0 Å². The Morgan fingerprint density at radius 3 is 2.68 bits per heavy atom. The number of hydrogen-bond donors (Lipinski definition) is 3. The first-order valence-corrected chi connectivity index (χ1v) is 9.20. The van der Waals surface area contributed by atoms with Crippen molar-refractivity contribution in [3.8, 4) is 0 Å². The lowest BCUT2D eigenvalue weighted by atomic mass is 10.1. The smallest absolute Gasteiger partial charge is 0.274 e. The molecule has 0 fully saturated rings. The van der Waals surface area contributed by atoms with E-state index in [1.54, 1.807) is 6.07 Å². The van der Waals surface area contributed by atoms with Gasteiger partial charge < -0.3 is 15.6 Å². The van der Waals surface area contributed by atoms with Gasteiger partial charge in [-0.25, -0.2) is 9.97 Å². The van der Waals surface area contributed by atoms with Gasteiger partial charge in [0.1, 0.15) is 5.69 Å². The van der Waals surface area contributed by atoms with Crippen LogP contribution in [-0.4, -0.2) is 27.4 Å². The number of aryl methyl sites for hydroxylation is 1. The maximum atomic E-state index is 12.5. The second-order valence-electron chi connectivity index (χ2n) is 6.57. The van der Waals surface area contributed by atoms with Crippen molar-refractivity contribution in [2.75, 3.05) is 17.2 Å². The number of nitrogens with one attached hydrogen (secondary N) is 3. The Balaban J connectivity index is 1.43. The second kappa shape index (κ2) is 7.92. The number of carbonyl (C=O) groups excluding carboxylic acids is 1. The molecule has 0 bridgehead atoms. The summed E-state index contributed by atoms with van der Waals surface area (Å²) in [6.07, 6.45) is 2.86. The van der Waals surface area contributed by atoms with Gasteiger partial charge in [-0.2, -0.15) is 0 Å². The Labute approximate surface area is 163 Å². The quantitative estimate of drug-likeness (QED) is 0.475. The fraction of sp³-hybridized carbons (Fsp3) is 0.136. The average Bonchev–Trinajstić information content (AvgIpc) is 3.12. The number of anilines is 2. The standard InChI is InChI=1S/C22H21N5O/c1-15-13-20(21(28)26-17-7-3-2-4-8-17)27-22(25-15)23-12-11-16-14-24-19-10-6-5-9-18(16)19/h2-10,13-14,24H,11-12H2,1H3,(H,26,28)(H,23,25,27). The number of nitrogens with zero attached hydrogens (tertiary/aromatic N) is 2. The molecular formula is C22H21N5O. The molecule has 2 heterocycles. The Morgan fingerprint density at radius 2 is 1.82 bits per heavy atom. The third kappa shape index (κ3) is 4.01. The van der Waals surface area contributed by atoms with Crippen LogP contribution in [0.25, 0.3) is 10.9 Å². The summed E-state index contributed by atoms with van der Waals surface area (Å²) < 4.78 is 0. The largest absolute Gasteiger partial charge is 0.361 e. The molecule has 0 atom stereocenters. The van der Waals surface area contributed by atoms with Gasteiger partial charge in [-0.05, 0) is 43.2 Å². The molecule has 2 aromatic carbocycles. The Morgan fingerprint density at radius 1 is 1.04 bits per heavy atom. The minimum atomic E-state index is -0.253. The van der Waals surface area contributed by atoms with Crippen LogP contribution in [0.2, 0.25) is 0 Å². The highest BCUT2D eigenvalue weighted by atomic mass is 16.1. The number of hydrogen-bond acceptors (Lipinski definition) is 4. The molecule has 0 unspecified atom stereocenters. The zero-order chi connectivity index (χ0) is 19.3. The number of carbonyl (C=O) groups is 1. The molecule has 1 amide bonds. The first-order chi connectivity index (χ1) is 13.7. The highest BCUT2D eigenvalue weighted by Crippen LogP contribution is 2.18. The van der Waals surface area contributed by atoms with E-state index in [0.29, 0.717) is 18.2 Å². The zero-order valence-electron chi connectivity index (χ0n) is 15.6. The Kier molecular flexibility index (Phi) is 5.01. The lowest BCUT2D eigenvalue weighted by molar-refractivity contribution is 0.102. The van der Waals surface area contributed by atoms with Crippen LogP contribution in [0.3, 0.4) is 0 Å². The lowest BCUT2D eigenvalue weighted by Gasteiger charge is -2.09. The van der Waals surface area contributed by atoms with Gasteiger partial charge in [-0.3, -0.25) is 4.79 Å². The molecule has 0 aliphatic rings. The van der Waals surface area contributed by atoms with Crippen LogP contribution < -0.4 is 10.6 Å². The summed E-state index contributed by atoms with van der Waals surface area (Å²) in [4.78, 5) is 24.5. The fourth-order valence-corrected chi connectivity index (χ4v) is 3.13. The molecule has 6 nitrogen and oxygen atoms in total. The molecule has 6 heteroatoms. The maximum Gasteiger partial charge on any atom is 0.274 e. The zero-order valence-corrected chi connectivity index (χ0v) is 15.6. The number of fused-ring (bicyclic) bond motifs is 1. The van der Waals surface area contributed by atoms with Gasteiger partial charge in [-0.1, -0.05) is 36.4 Å². The van der Waals surface area contributed by atoms with Crippen molar-refractivity contribution >= 4 is 28.4 Å². The normalized spacial score (nSPS) is 10.8. The number of aromatic nitrogens is 3. The Hall–Kier alpha value is -3.67. The average molecular weight is 371 g/mol. The molecule has 0 saturated carbocycles. The summed E-state index contributed by atoms with van der Waals surface area (Å²) in [5, 5.41) is 7.30. The molecule has 28 heavy (non-hydrogen) atoms. The van der Waals surface area contributed by atoms with Crippen LogP contribution in [0.1, 0.15) is 21.7 Å². The van der Waals surface area contributed by atoms with Gasteiger partial charge in [0.15, 0.2) is 0 Å². The van der Waals surface area contributed by atoms with E-state index in [4.69, 9.17) is 0 Å². The number of H-pyrrole nitrogens is 1. The minimum Gasteiger partial charge on any atom is -0.361 e. The molecule has 0 saturated heterocycles. The first kappa shape index (κ1) is 17.7. The topological polar surface area (TPSA) is 82.7 Å². The van der Waals surface area contributed by atoms with Crippen molar-refractivity contribution in [3.63, 3.8) is 0 Å². The molecule has 0 aliphatic carbocycles. The number of benzene rings is 2. The molecule has 2 aromatic heterocycles. The van der Waals surface area contributed by atoms with Crippen LogP contribution >= 0.6 is 0 Å². The van der Waals surface area contributed by atoms with E-state index in [9.17, 15) is 4.79 Å². The third-order valence-electron chi connectivity index (χ3n) is 4.47. The van der Waals surface area contributed by atoms with Gasteiger partial charge in [0, 0.05) is 35.0 Å². The van der Waals surface area contributed by atoms with Crippen LogP contribution in [0.15, 0.2) is 66.9 Å². The van der Waals surface area contributed by atoms with Crippen molar-refractivity contribution in [2.24, 2.45) is 0 Å².